The number of carbonyl (C=O) groups excluding carboxylic acids is 1. The number of hydrogen-bond acceptors (Lipinski definition) is 4. The number of nitrogens with zero attached hydrogens (tertiary/aromatic N) is 1. The van der Waals surface area contributed by atoms with Crippen molar-refractivity contribution in [2.24, 2.45) is 5.92 Å². The number of ether oxygens (including phenoxy) is 1. The minimum Gasteiger partial charge on any atom is -0.487 e. The molecule has 0 amide bonds. The molecular weight excluding hydrogens is 234 g/mol. The maximum absolute atomic E-state index is 10.9. The van der Waals surface area contributed by atoms with Gasteiger partial charge in [-0.1, -0.05) is 26.7 Å². The summed E-state index contributed by atoms with van der Waals surface area (Å²) in [5.74, 6) is 0.604. The summed E-state index contributed by atoms with van der Waals surface area (Å²) in [6.07, 6.45) is 2.52. The van der Waals surface area contributed by atoms with E-state index in [0.29, 0.717) is 18.8 Å². The van der Waals surface area contributed by atoms with Crippen LogP contribution in [-0.4, -0.2) is 17.8 Å². The van der Waals surface area contributed by atoms with Crippen LogP contribution in [0.15, 0.2) is 18.2 Å². The van der Waals surface area contributed by atoms with Crippen LogP contribution in [0.1, 0.15) is 37.0 Å². The molecule has 0 N–H and O–H groups in total. The molecule has 0 spiro atoms. The Morgan fingerprint density at radius 3 is 2.56 bits per heavy atom. The lowest BCUT2D eigenvalue weighted by molar-refractivity contribution is -0.385. The van der Waals surface area contributed by atoms with Crippen molar-refractivity contribution in [3.63, 3.8) is 0 Å². The first-order chi connectivity index (χ1) is 8.62. The molecule has 0 aromatic heterocycles. The van der Waals surface area contributed by atoms with Crippen molar-refractivity contribution in [1.29, 1.82) is 0 Å². The fourth-order valence-electron chi connectivity index (χ4n) is 1.60. The summed E-state index contributed by atoms with van der Waals surface area (Å²) in [6, 6.07) is 4.22. The predicted octanol–water partition coefficient (Wildman–Crippen LogP) is 3.22. The monoisotopic (exact) mass is 251 g/mol. The topological polar surface area (TPSA) is 69.4 Å². The summed E-state index contributed by atoms with van der Waals surface area (Å²) in [4.78, 5) is 20.9. The van der Waals surface area contributed by atoms with Crippen LogP contribution >= 0.6 is 0 Å². The number of rotatable bonds is 7. The van der Waals surface area contributed by atoms with Gasteiger partial charge < -0.3 is 4.74 Å². The molecule has 18 heavy (non-hydrogen) atoms. The molecule has 1 aromatic carbocycles. The SMILES string of the molecule is CCC(CC)COc1ccc(C=O)cc1[N+](=O)[O-]. The van der Waals surface area contributed by atoms with Gasteiger partial charge in [0.15, 0.2) is 5.75 Å². The van der Waals surface area contributed by atoms with Crippen LogP contribution in [0.2, 0.25) is 0 Å². The minimum absolute atomic E-state index is 0.162. The van der Waals surface area contributed by atoms with E-state index in [-0.39, 0.29) is 17.0 Å². The Morgan fingerprint density at radius 1 is 1.39 bits per heavy atom. The van der Waals surface area contributed by atoms with Crippen molar-refractivity contribution in [3.8, 4) is 5.75 Å². The van der Waals surface area contributed by atoms with E-state index in [4.69, 9.17) is 4.74 Å². The van der Waals surface area contributed by atoms with E-state index in [1.165, 1.54) is 18.2 Å². The Bertz CT molecular complexity index is 427. The highest BCUT2D eigenvalue weighted by molar-refractivity contribution is 5.77. The zero-order chi connectivity index (χ0) is 13.5. The first-order valence-corrected chi connectivity index (χ1v) is 5.98. The van der Waals surface area contributed by atoms with Crippen LogP contribution in [0.25, 0.3) is 0 Å². The van der Waals surface area contributed by atoms with E-state index in [0.717, 1.165) is 12.8 Å². The molecule has 0 radical (unpaired) electrons. The van der Waals surface area contributed by atoms with Crippen LogP contribution in [0.3, 0.4) is 0 Å². The van der Waals surface area contributed by atoms with Crippen LogP contribution < -0.4 is 4.74 Å². The van der Waals surface area contributed by atoms with E-state index in [1.54, 1.807) is 0 Å². The maximum Gasteiger partial charge on any atom is 0.311 e. The number of carbonyl (C=O) groups is 1. The average molecular weight is 251 g/mol. The predicted molar refractivity (Wildman–Crippen MR) is 68.1 cm³/mol. The number of aldehydes is 1. The van der Waals surface area contributed by atoms with Crippen molar-refractivity contribution < 1.29 is 14.5 Å². The van der Waals surface area contributed by atoms with Crippen molar-refractivity contribution >= 4 is 12.0 Å². The highest BCUT2D eigenvalue weighted by Gasteiger charge is 2.17. The molecule has 0 saturated carbocycles. The highest BCUT2D eigenvalue weighted by Crippen LogP contribution is 2.28. The maximum atomic E-state index is 10.9. The normalized spacial score (nSPS) is 10.4. The second kappa shape index (κ2) is 6.74. The average Bonchev–Trinajstić information content (AvgIpc) is 2.39. The molecule has 1 rings (SSSR count). The van der Waals surface area contributed by atoms with Gasteiger partial charge in [-0.25, -0.2) is 0 Å². The zero-order valence-corrected chi connectivity index (χ0v) is 10.6. The van der Waals surface area contributed by atoms with Crippen LogP contribution in [0.5, 0.6) is 5.75 Å². The Balaban J connectivity index is 2.87. The lowest BCUT2D eigenvalue weighted by atomic mass is 10.1. The largest absolute Gasteiger partial charge is 0.487 e. The second-order valence-corrected chi connectivity index (χ2v) is 4.10. The zero-order valence-electron chi connectivity index (χ0n) is 10.6. The van der Waals surface area contributed by atoms with Gasteiger partial charge >= 0.3 is 5.69 Å². The van der Waals surface area contributed by atoms with Crippen molar-refractivity contribution in [3.05, 3.63) is 33.9 Å². The first kappa shape index (κ1) is 14.2. The van der Waals surface area contributed by atoms with Crippen molar-refractivity contribution in [1.82, 2.24) is 0 Å². The highest BCUT2D eigenvalue weighted by atomic mass is 16.6. The van der Waals surface area contributed by atoms with Gasteiger partial charge in [0.25, 0.3) is 0 Å². The summed E-state index contributed by atoms with van der Waals surface area (Å²) < 4.78 is 5.48. The van der Waals surface area contributed by atoms with E-state index in [9.17, 15) is 14.9 Å². The second-order valence-electron chi connectivity index (χ2n) is 4.10. The quantitative estimate of drug-likeness (QED) is 0.424. The molecule has 0 bridgehead atoms. The van der Waals surface area contributed by atoms with Gasteiger partial charge in [-0.3, -0.25) is 14.9 Å². The number of hydrogen-bond donors (Lipinski definition) is 0. The molecule has 98 valence electrons. The molecule has 5 nitrogen and oxygen atoms in total. The van der Waals surface area contributed by atoms with Gasteiger partial charge in [-0.15, -0.1) is 0 Å². The van der Waals surface area contributed by atoms with Crippen LogP contribution in [0.4, 0.5) is 5.69 Å². The smallest absolute Gasteiger partial charge is 0.311 e. The van der Waals surface area contributed by atoms with Gasteiger partial charge in [0, 0.05) is 11.6 Å². The molecule has 0 unspecified atom stereocenters. The first-order valence-electron chi connectivity index (χ1n) is 5.98. The molecule has 0 fully saturated rings. The summed E-state index contributed by atoms with van der Waals surface area (Å²) in [5.41, 5.74) is 0.113. The van der Waals surface area contributed by atoms with Crippen LogP contribution in [-0.2, 0) is 0 Å². The van der Waals surface area contributed by atoms with Gasteiger partial charge in [-0.2, -0.15) is 0 Å². The summed E-state index contributed by atoms with van der Waals surface area (Å²) in [5, 5.41) is 10.9. The lowest BCUT2D eigenvalue weighted by Crippen LogP contribution is -2.11. The third-order valence-corrected chi connectivity index (χ3v) is 2.95. The summed E-state index contributed by atoms with van der Waals surface area (Å²) >= 11 is 0. The molecule has 0 aliphatic carbocycles. The third kappa shape index (κ3) is 3.55. The summed E-state index contributed by atoms with van der Waals surface area (Å²) in [7, 11) is 0. The molecule has 1 aromatic rings. The minimum atomic E-state index is -0.533. The molecular formula is C13H17NO4. The molecule has 0 heterocycles. The Hall–Kier alpha value is -1.91. The molecule has 0 aliphatic rings. The molecule has 5 heteroatoms. The van der Waals surface area contributed by atoms with Crippen molar-refractivity contribution in [2.75, 3.05) is 6.61 Å². The molecule has 0 atom stereocenters. The Labute approximate surface area is 106 Å². The number of benzene rings is 1. The standard InChI is InChI=1S/C13H17NO4/c1-3-10(4-2)9-18-13-6-5-11(8-15)7-12(13)14(16)17/h5-8,10H,3-4,9H2,1-2H3. The molecule has 0 aliphatic heterocycles. The lowest BCUT2D eigenvalue weighted by Gasteiger charge is -2.13. The van der Waals surface area contributed by atoms with E-state index in [2.05, 4.69) is 13.8 Å². The van der Waals surface area contributed by atoms with Gasteiger partial charge in [0.2, 0.25) is 0 Å². The van der Waals surface area contributed by atoms with E-state index < -0.39 is 4.92 Å². The summed E-state index contributed by atoms with van der Waals surface area (Å²) in [6.45, 7) is 4.57. The molecule has 0 saturated heterocycles. The van der Waals surface area contributed by atoms with Gasteiger partial charge in [-0.05, 0) is 18.1 Å². The third-order valence-electron chi connectivity index (χ3n) is 2.95. The van der Waals surface area contributed by atoms with Gasteiger partial charge in [0.05, 0.1) is 11.5 Å². The Kier molecular flexibility index (Phi) is 5.30. The van der Waals surface area contributed by atoms with E-state index in [1.807, 2.05) is 0 Å². The van der Waals surface area contributed by atoms with Crippen molar-refractivity contribution in [2.45, 2.75) is 26.7 Å². The van der Waals surface area contributed by atoms with Gasteiger partial charge in [0.1, 0.15) is 6.29 Å². The van der Waals surface area contributed by atoms with E-state index >= 15 is 0 Å². The fourth-order valence-corrected chi connectivity index (χ4v) is 1.60. The van der Waals surface area contributed by atoms with Crippen LogP contribution in [0, 0.1) is 16.0 Å². The fraction of sp³-hybridized carbons (Fsp3) is 0.462. The Morgan fingerprint density at radius 2 is 2.06 bits per heavy atom. The number of nitro benzene ring substituents is 1. The number of nitro groups is 1.